The molecule has 0 amide bonds. The van der Waals surface area contributed by atoms with Gasteiger partial charge in [0.25, 0.3) is 0 Å². The molecule has 2 nitrogen and oxygen atoms in total. The van der Waals surface area contributed by atoms with Gasteiger partial charge in [0.1, 0.15) is 0 Å². The van der Waals surface area contributed by atoms with E-state index in [4.69, 9.17) is 4.98 Å². The Balaban J connectivity index is 0.00000121. The molecule has 2 heterocycles. The fourth-order valence-corrected chi connectivity index (χ4v) is 2.44. The maximum absolute atomic E-state index is 4.73. The topological polar surface area (TPSA) is 28.7 Å². The highest BCUT2D eigenvalue weighted by molar-refractivity contribution is 5.86. The van der Waals surface area contributed by atoms with Crippen molar-refractivity contribution in [2.75, 3.05) is 0 Å². The van der Waals surface area contributed by atoms with Gasteiger partial charge in [0.2, 0.25) is 0 Å². The molecule has 0 atom stereocenters. The highest BCUT2D eigenvalue weighted by Gasteiger charge is 2.03. The summed E-state index contributed by atoms with van der Waals surface area (Å²) in [5, 5.41) is 2.39. The van der Waals surface area contributed by atoms with Crippen molar-refractivity contribution in [3.8, 4) is 11.3 Å². The maximum Gasteiger partial charge on any atom is 0.0709 e. The van der Waals surface area contributed by atoms with Crippen LogP contribution in [0.15, 0.2) is 66.9 Å². The van der Waals surface area contributed by atoms with E-state index >= 15 is 0 Å². The predicted octanol–water partition coefficient (Wildman–Crippen LogP) is 5.02. The van der Waals surface area contributed by atoms with Crippen LogP contribution in [-0.2, 0) is 0 Å². The first-order valence-electron chi connectivity index (χ1n) is 6.33. The molecule has 2 aromatic carbocycles. The minimum absolute atomic E-state index is 0. The molecule has 2 aromatic heterocycles. The number of nitrogens with zero attached hydrogens (tertiary/aromatic N) is 1. The van der Waals surface area contributed by atoms with Crippen LogP contribution in [-0.4, -0.2) is 9.97 Å². The van der Waals surface area contributed by atoms with Crippen LogP contribution >= 0.6 is 0 Å². The summed E-state index contributed by atoms with van der Waals surface area (Å²) in [7, 11) is 0. The second-order valence-corrected chi connectivity index (χ2v) is 4.67. The normalized spacial score (nSPS) is 10.6. The summed E-state index contributed by atoms with van der Waals surface area (Å²) in [6, 6.07) is 20.9. The summed E-state index contributed by atoms with van der Waals surface area (Å²) in [6.07, 6.45) is 1.96. The molecule has 2 heteroatoms. The van der Waals surface area contributed by atoms with E-state index in [9.17, 15) is 0 Å². The summed E-state index contributed by atoms with van der Waals surface area (Å²) >= 11 is 0. The summed E-state index contributed by atoms with van der Waals surface area (Å²) in [5.41, 5.74) is 4.36. The Bertz CT molecular complexity index is 875. The second kappa shape index (κ2) is 4.82. The lowest BCUT2D eigenvalue weighted by atomic mass is 10.1. The van der Waals surface area contributed by atoms with Gasteiger partial charge >= 0.3 is 0 Å². The van der Waals surface area contributed by atoms with Crippen molar-refractivity contribution in [3.63, 3.8) is 0 Å². The molecule has 0 unspecified atom stereocenters. The van der Waals surface area contributed by atoms with E-state index in [1.165, 1.54) is 10.8 Å². The van der Waals surface area contributed by atoms with E-state index < -0.39 is 0 Å². The van der Waals surface area contributed by atoms with Gasteiger partial charge in [0, 0.05) is 28.0 Å². The average molecular weight is 260 g/mol. The summed E-state index contributed by atoms with van der Waals surface area (Å²) in [6.45, 7) is 0. The van der Waals surface area contributed by atoms with Gasteiger partial charge in [-0.2, -0.15) is 0 Å². The van der Waals surface area contributed by atoms with E-state index in [0.29, 0.717) is 0 Å². The number of fused-ring (bicyclic) bond motifs is 2. The van der Waals surface area contributed by atoms with Gasteiger partial charge in [-0.25, -0.2) is 4.98 Å². The van der Waals surface area contributed by atoms with Gasteiger partial charge in [-0.1, -0.05) is 37.8 Å². The Hall–Kier alpha value is -2.61. The number of benzene rings is 2. The van der Waals surface area contributed by atoms with Crippen LogP contribution in [0.5, 0.6) is 0 Å². The van der Waals surface area contributed by atoms with Gasteiger partial charge < -0.3 is 4.98 Å². The lowest BCUT2D eigenvalue weighted by molar-refractivity contribution is 1.40. The van der Waals surface area contributed by atoms with Crippen LogP contribution in [0.4, 0.5) is 0 Å². The van der Waals surface area contributed by atoms with E-state index in [1.807, 2.05) is 24.4 Å². The summed E-state index contributed by atoms with van der Waals surface area (Å²) < 4.78 is 0. The zero-order valence-electron chi connectivity index (χ0n) is 10.3. The van der Waals surface area contributed by atoms with Crippen molar-refractivity contribution in [1.29, 1.82) is 0 Å². The first kappa shape index (κ1) is 12.4. The van der Waals surface area contributed by atoms with Gasteiger partial charge in [0.05, 0.1) is 11.2 Å². The number of para-hydroxylation sites is 1. The van der Waals surface area contributed by atoms with Crippen molar-refractivity contribution >= 4 is 21.8 Å². The molecular weight excluding hydrogens is 244 g/mol. The monoisotopic (exact) mass is 260 g/mol. The van der Waals surface area contributed by atoms with Gasteiger partial charge in [-0.05, 0) is 30.3 Å². The van der Waals surface area contributed by atoms with Gasteiger partial charge in [0.15, 0.2) is 0 Å². The smallest absolute Gasteiger partial charge is 0.0709 e. The molecule has 98 valence electrons. The zero-order chi connectivity index (χ0) is 12.7. The average Bonchev–Trinajstić information content (AvgIpc) is 2.94. The molecule has 0 saturated heterocycles. The van der Waals surface area contributed by atoms with Crippen molar-refractivity contribution in [3.05, 3.63) is 66.9 Å². The molecular formula is C18H16N2. The number of hydrogen-bond donors (Lipinski definition) is 1. The third kappa shape index (κ3) is 1.95. The molecule has 1 N–H and O–H groups in total. The number of aromatic nitrogens is 2. The minimum Gasteiger partial charge on any atom is -0.361 e. The molecule has 0 aliphatic carbocycles. The number of aromatic amines is 1. The fourth-order valence-electron chi connectivity index (χ4n) is 2.44. The van der Waals surface area contributed by atoms with Crippen LogP contribution in [0.1, 0.15) is 7.43 Å². The Labute approximate surface area is 118 Å². The molecule has 4 rings (SSSR count). The summed E-state index contributed by atoms with van der Waals surface area (Å²) in [5.74, 6) is 0. The Morgan fingerprint density at radius 1 is 0.800 bits per heavy atom. The highest BCUT2D eigenvalue weighted by Crippen LogP contribution is 2.24. The standard InChI is InChI=1S/C17H12N2.CH4/c1-2-4-16-12(3-1)5-8-17(19-16)13-6-7-15-14(11-13)9-10-18-15;/h1-11,18H;1H4. The number of pyridine rings is 1. The predicted molar refractivity (Wildman–Crippen MR) is 85.8 cm³/mol. The third-order valence-corrected chi connectivity index (χ3v) is 3.45. The van der Waals surface area contributed by atoms with E-state index in [2.05, 4.69) is 47.4 Å². The Kier molecular flexibility index (Phi) is 2.99. The summed E-state index contributed by atoms with van der Waals surface area (Å²) in [4.78, 5) is 7.93. The molecule has 0 radical (unpaired) electrons. The second-order valence-electron chi connectivity index (χ2n) is 4.67. The highest BCUT2D eigenvalue weighted by atomic mass is 14.7. The van der Waals surface area contributed by atoms with Crippen molar-refractivity contribution in [2.45, 2.75) is 7.43 Å². The quantitative estimate of drug-likeness (QED) is 0.511. The van der Waals surface area contributed by atoms with Crippen LogP contribution in [0.2, 0.25) is 0 Å². The number of H-pyrrole nitrogens is 1. The third-order valence-electron chi connectivity index (χ3n) is 3.45. The molecule has 0 saturated carbocycles. The van der Waals surface area contributed by atoms with Crippen LogP contribution in [0.3, 0.4) is 0 Å². The SMILES string of the molecule is C.c1ccc2nc(-c3ccc4[nH]ccc4c3)ccc2c1. The Morgan fingerprint density at radius 3 is 2.65 bits per heavy atom. The molecule has 20 heavy (non-hydrogen) atoms. The molecule has 0 aliphatic rings. The van der Waals surface area contributed by atoms with Crippen LogP contribution in [0, 0.1) is 0 Å². The van der Waals surface area contributed by atoms with Crippen molar-refractivity contribution in [1.82, 2.24) is 9.97 Å². The van der Waals surface area contributed by atoms with E-state index in [0.717, 1.165) is 22.3 Å². The molecule has 4 aromatic rings. The van der Waals surface area contributed by atoms with Crippen molar-refractivity contribution < 1.29 is 0 Å². The maximum atomic E-state index is 4.73. The van der Waals surface area contributed by atoms with Gasteiger partial charge in [-0.15, -0.1) is 0 Å². The first-order chi connectivity index (χ1) is 9.40. The Morgan fingerprint density at radius 2 is 1.70 bits per heavy atom. The zero-order valence-corrected chi connectivity index (χ0v) is 10.3. The lowest BCUT2D eigenvalue weighted by Crippen LogP contribution is -1.84. The fraction of sp³-hybridized carbons (Fsp3) is 0.0556. The first-order valence-corrected chi connectivity index (χ1v) is 6.33. The van der Waals surface area contributed by atoms with Gasteiger partial charge in [-0.3, -0.25) is 0 Å². The van der Waals surface area contributed by atoms with Crippen LogP contribution < -0.4 is 0 Å². The largest absolute Gasteiger partial charge is 0.361 e. The number of hydrogen-bond acceptors (Lipinski definition) is 1. The van der Waals surface area contributed by atoms with Crippen molar-refractivity contribution in [2.24, 2.45) is 0 Å². The van der Waals surface area contributed by atoms with Crippen LogP contribution in [0.25, 0.3) is 33.1 Å². The minimum atomic E-state index is 0. The lowest BCUT2D eigenvalue weighted by Gasteiger charge is -2.03. The molecule has 0 fully saturated rings. The molecule has 0 bridgehead atoms. The molecule has 0 spiro atoms. The van der Waals surface area contributed by atoms with E-state index in [1.54, 1.807) is 0 Å². The molecule has 0 aliphatic heterocycles. The van der Waals surface area contributed by atoms with E-state index in [-0.39, 0.29) is 7.43 Å². The number of rotatable bonds is 1. The number of nitrogens with one attached hydrogen (secondary N) is 1.